The summed E-state index contributed by atoms with van der Waals surface area (Å²) in [5.74, 6) is 1.60. The van der Waals surface area contributed by atoms with Crippen LogP contribution in [0.5, 0.6) is 11.5 Å². The quantitative estimate of drug-likeness (QED) is 0.565. The lowest BCUT2D eigenvalue weighted by Crippen LogP contribution is -2.50. The van der Waals surface area contributed by atoms with E-state index in [0.29, 0.717) is 38.0 Å². The van der Waals surface area contributed by atoms with Gasteiger partial charge in [-0.25, -0.2) is 0 Å². The molecule has 3 heterocycles. The zero-order valence-electron chi connectivity index (χ0n) is 21.3. The van der Waals surface area contributed by atoms with Gasteiger partial charge < -0.3 is 24.3 Å². The van der Waals surface area contributed by atoms with E-state index in [1.165, 1.54) is 6.92 Å². The van der Waals surface area contributed by atoms with E-state index in [1.807, 2.05) is 68.1 Å². The first-order valence-electron chi connectivity index (χ1n) is 12.6. The number of carbonyl (C=O) groups excluding carboxylic acids is 2. The SMILES string of the molecule is CC(=O)NCc1ccc2n1-c1ccccc1OC21CCN(C(=O)c2ccc(OC(C)C)c(C)c2)CC1. The van der Waals surface area contributed by atoms with E-state index in [-0.39, 0.29) is 17.9 Å². The summed E-state index contributed by atoms with van der Waals surface area (Å²) in [5, 5.41) is 2.92. The largest absolute Gasteiger partial charge is 0.491 e. The minimum atomic E-state index is -0.523. The molecule has 188 valence electrons. The maximum atomic E-state index is 13.4. The van der Waals surface area contributed by atoms with E-state index in [1.54, 1.807) is 0 Å². The molecule has 0 saturated carbocycles. The van der Waals surface area contributed by atoms with Gasteiger partial charge >= 0.3 is 0 Å². The third kappa shape index (κ3) is 4.34. The molecule has 7 nitrogen and oxygen atoms in total. The highest BCUT2D eigenvalue weighted by Crippen LogP contribution is 2.46. The van der Waals surface area contributed by atoms with Crippen LogP contribution in [0.1, 0.15) is 60.9 Å². The average molecular weight is 488 g/mol. The molecular formula is C29H33N3O4. The van der Waals surface area contributed by atoms with Crippen molar-refractivity contribution in [3.63, 3.8) is 0 Å². The van der Waals surface area contributed by atoms with Gasteiger partial charge in [-0.2, -0.15) is 0 Å². The Labute approximate surface area is 212 Å². The summed E-state index contributed by atoms with van der Waals surface area (Å²) in [6, 6.07) is 17.8. The van der Waals surface area contributed by atoms with Gasteiger partial charge in [0.2, 0.25) is 5.91 Å². The van der Waals surface area contributed by atoms with E-state index >= 15 is 0 Å². The monoisotopic (exact) mass is 487 g/mol. The molecule has 36 heavy (non-hydrogen) atoms. The number of carbonyl (C=O) groups is 2. The van der Waals surface area contributed by atoms with E-state index in [2.05, 4.69) is 22.0 Å². The lowest BCUT2D eigenvalue weighted by Gasteiger charge is -2.45. The summed E-state index contributed by atoms with van der Waals surface area (Å²) in [7, 11) is 0. The van der Waals surface area contributed by atoms with Crippen molar-refractivity contribution in [1.82, 2.24) is 14.8 Å². The predicted molar refractivity (Wildman–Crippen MR) is 138 cm³/mol. The number of likely N-dealkylation sites (tertiary alicyclic amines) is 1. The second kappa shape index (κ2) is 9.37. The minimum Gasteiger partial charge on any atom is -0.491 e. The molecule has 5 rings (SSSR count). The third-order valence-corrected chi connectivity index (χ3v) is 7.00. The summed E-state index contributed by atoms with van der Waals surface area (Å²) in [6.45, 7) is 9.12. The summed E-state index contributed by atoms with van der Waals surface area (Å²) < 4.78 is 14.7. The van der Waals surface area contributed by atoms with Crippen LogP contribution in [0.15, 0.2) is 54.6 Å². The van der Waals surface area contributed by atoms with Gasteiger partial charge in [0, 0.05) is 44.1 Å². The Morgan fingerprint density at radius 3 is 2.53 bits per heavy atom. The van der Waals surface area contributed by atoms with E-state index in [0.717, 1.165) is 34.1 Å². The Bertz CT molecular complexity index is 1300. The average Bonchev–Trinajstić information content (AvgIpc) is 3.29. The highest BCUT2D eigenvalue weighted by atomic mass is 16.5. The van der Waals surface area contributed by atoms with Crippen LogP contribution in [0.3, 0.4) is 0 Å². The number of amides is 2. The number of rotatable bonds is 5. The van der Waals surface area contributed by atoms with Crippen molar-refractivity contribution in [3.8, 4) is 17.2 Å². The normalized spacial score (nSPS) is 15.8. The number of aryl methyl sites for hydroxylation is 1. The van der Waals surface area contributed by atoms with Crippen molar-refractivity contribution in [2.24, 2.45) is 0 Å². The Hall–Kier alpha value is -3.74. The Kier molecular flexibility index (Phi) is 6.24. The number of nitrogens with zero attached hydrogens (tertiary/aromatic N) is 2. The van der Waals surface area contributed by atoms with Crippen molar-refractivity contribution in [1.29, 1.82) is 0 Å². The molecule has 0 bridgehead atoms. The fourth-order valence-electron chi connectivity index (χ4n) is 5.24. The van der Waals surface area contributed by atoms with Gasteiger partial charge in [0.1, 0.15) is 11.5 Å². The molecule has 0 unspecified atom stereocenters. The maximum absolute atomic E-state index is 13.4. The minimum absolute atomic E-state index is 0.0296. The summed E-state index contributed by atoms with van der Waals surface area (Å²) >= 11 is 0. The van der Waals surface area contributed by atoms with Crippen LogP contribution in [0, 0.1) is 6.92 Å². The number of para-hydroxylation sites is 2. The van der Waals surface area contributed by atoms with Crippen LogP contribution in [0.25, 0.3) is 5.69 Å². The molecule has 1 fully saturated rings. The number of hydrogen-bond donors (Lipinski definition) is 1. The Morgan fingerprint density at radius 1 is 1.08 bits per heavy atom. The Balaban J connectivity index is 1.38. The standard InChI is InChI=1S/C29H33N3O4/c1-19(2)35-25-11-9-22(17-20(25)3)28(34)31-15-13-29(14-16-31)27-12-10-23(18-30-21(4)33)32(27)24-7-5-6-8-26(24)36-29/h5-12,17,19H,13-16,18H2,1-4H3,(H,30,33). The summed E-state index contributed by atoms with van der Waals surface area (Å²) in [4.78, 5) is 26.8. The van der Waals surface area contributed by atoms with Gasteiger partial charge in [0.05, 0.1) is 24.0 Å². The number of aromatic nitrogens is 1. The van der Waals surface area contributed by atoms with Gasteiger partial charge in [-0.1, -0.05) is 12.1 Å². The fourth-order valence-corrected chi connectivity index (χ4v) is 5.24. The van der Waals surface area contributed by atoms with Crippen LogP contribution in [0.2, 0.25) is 0 Å². The molecule has 0 aliphatic carbocycles. The zero-order chi connectivity index (χ0) is 25.4. The first-order valence-corrected chi connectivity index (χ1v) is 12.6. The third-order valence-electron chi connectivity index (χ3n) is 7.00. The number of piperidine rings is 1. The van der Waals surface area contributed by atoms with Crippen molar-refractivity contribution in [2.75, 3.05) is 13.1 Å². The number of nitrogens with one attached hydrogen (secondary N) is 1. The van der Waals surface area contributed by atoms with E-state index in [4.69, 9.17) is 9.47 Å². The number of benzene rings is 2. The summed E-state index contributed by atoms with van der Waals surface area (Å²) in [5.41, 5.74) is 4.16. The molecule has 0 radical (unpaired) electrons. The van der Waals surface area contributed by atoms with Crippen molar-refractivity contribution < 1.29 is 19.1 Å². The molecule has 1 spiro atoms. The topological polar surface area (TPSA) is 72.8 Å². The lowest BCUT2D eigenvalue weighted by atomic mass is 9.86. The Morgan fingerprint density at radius 2 is 1.83 bits per heavy atom. The van der Waals surface area contributed by atoms with Crippen LogP contribution in [0.4, 0.5) is 0 Å². The molecular weight excluding hydrogens is 454 g/mol. The molecule has 3 aromatic rings. The van der Waals surface area contributed by atoms with Gasteiger partial charge in [-0.3, -0.25) is 9.59 Å². The molecule has 2 aliphatic rings. The van der Waals surface area contributed by atoms with E-state index in [9.17, 15) is 9.59 Å². The first kappa shape index (κ1) is 24.0. The smallest absolute Gasteiger partial charge is 0.253 e. The number of hydrogen-bond acceptors (Lipinski definition) is 4. The van der Waals surface area contributed by atoms with Gasteiger partial charge in [0.15, 0.2) is 5.60 Å². The van der Waals surface area contributed by atoms with Crippen molar-refractivity contribution in [3.05, 3.63) is 77.1 Å². The molecule has 2 amide bonds. The van der Waals surface area contributed by atoms with Crippen LogP contribution in [-0.2, 0) is 16.9 Å². The van der Waals surface area contributed by atoms with Gasteiger partial charge in [-0.05, 0) is 68.8 Å². The van der Waals surface area contributed by atoms with Gasteiger partial charge in [0.25, 0.3) is 5.91 Å². The van der Waals surface area contributed by atoms with Crippen LogP contribution in [-0.4, -0.2) is 40.5 Å². The molecule has 2 aromatic carbocycles. The second-order valence-corrected chi connectivity index (χ2v) is 9.96. The highest BCUT2D eigenvalue weighted by Gasteiger charge is 2.45. The van der Waals surface area contributed by atoms with Crippen molar-refractivity contribution >= 4 is 11.8 Å². The fraction of sp³-hybridized carbons (Fsp3) is 0.379. The molecule has 1 aromatic heterocycles. The molecule has 7 heteroatoms. The van der Waals surface area contributed by atoms with Crippen LogP contribution < -0.4 is 14.8 Å². The second-order valence-electron chi connectivity index (χ2n) is 9.96. The molecule has 1 N–H and O–H groups in total. The molecule has 0 atom stereocenters. The predicted octanol–water partition coefficient (Wildman–Crippen LogP) is 4.73. The maximum Gasteiger partial charge on any atom is 0.253 e. The zero-order valence-corrected chi connectivity index (χ0v) is 21.3. The molecule has 2 aliphatic heterocycles. The number of ether oxygens (including phenoxy) is 2. The van der Waals surface area contributed by atoms with Gasteiger partial charge in [-0.15, -0.1) is 0 Å². The van der Waals surface area contributed by atoms with Crippen molar-refractivity contribution in [2.45, 2.75) is 58.8 Å². The lowest BCUT2D eigenvalue weighted by molar-refractivity contribution is -0.119. The summed E-state index contributed by atoms with van der Waals surface area (Å²) in [6.07, 6.45) is 1.45. The van der Waals surface area contributed by atoms with E-state index < -0.39 is 5.60 Å². The highest BCUT2D eigenvalue weighted by molar-refractivity contribution is 5.94. The first-order chi connectivity index (χ1) is 17.3. The van der Waals surface area contributed by atoms with Crippen LogP contribution >= 0.6 is 0 Å². The molecule has 1 saturated heterocycles. The number of fused-ring (bicyclic) bond motifs is 4.